The summed E-state index contributed by atoms with van der Waals surface area (Å²) in [7, 11) is 0. The Kier molecular flexibility index (Phi) is 8.35. The largest absolute Gasteiger partial charge is 0.383 e. The molecule has 5 aromatic heterocycles. The van der Waals surface area contributed by atoms with Gasteiger partial charge in [0.05, 0.1) is 16.8 Å². The van der Waals surface area contributed by atoms with Gasteiger partial charge in [0.1, 0.15) is 11.3 Å². The second kappa shape index (κ2) is 13.5. The highest BCUT2D eigenvalue weighted by Crippen LogP contribution is 2.39. The Morgan fingerprint density at radius 3 is 2.15 bits per heavy atom. The van der Waals surface area contributed by atoms with Gasteiger partial charge in [0, 0.05) is 71.7 Å². The number of aryl methyl sites for hydroxylation is 1. The first-order valence-electron chi connectivity index (χ1n) is 16.9. The van der Waals surface area contributed by atoms with E-state index in [9.17, 15) is 9.59 Å². The van der Waals surface area contributed by atoms with Crippen molar-refractivity contribution in [1.82, 2.24) is 29.5 Å². The first-order chi connectivity index (χ1) is 25.7. The summed E-state index contributed by atoms with van der Waals surface area (Å²) in [6, 6.07) is 33.1. The predicted molar refractivity (Wildman–Crippen MR) is 209 cm³/mol. The monoisotopic (exact) mass is 695 g/mol. The molecular weight excluding hydrogens is 663 g/mol. The highest BCUT2D eigenvalue weighted by molar-refractivity contribution is 6.00. The SMILES string of the molecule is CC(=O)Nc1cccc(-c2cc3nc(-c4cccnc4N)n(-c4cccc(-c5cc(C)nc6ccc(NC(C)=O)cc56)c4)c3nc2-c2cccnc2)c1. The number of nitrogens with zero attached hydrogens (tertiary/aromatic N) is 6. The van der Waals surface area contributed by atoms with Crippen LogP contribution in [0.1, 0.15) is 19.5 Å². The van der Waals surface area contributed by atoms with E-state index in [4.69, 9.17) is 20.7 Å². The van der Waals surface area contributed by atoms with Crippen LogP contribution in [0.25, 0.3) is 72.7 Å². The molecule has 0 saturated carbocycles. The van der Waals surface area contributed by atoms with Crippen LogP contribution < -0.4 is 16.4 Å². The molecule has 11 nitrogen and oxygen atoms in total. The Bertz CT molecular complexity index is 2720. The highest BCUT2D eigenvalue weighted by atomic mass is 16.2. The quantitative estimate of drug-likeness (QED) is 0.151. The van der Waals surface area contributed by atoms with Gasteiger partial charge in [0.15, 0.2) is 11.5 Å². The molecule has 258 valence electrons. The lowest BCUT2D eigenvalue weighted by Gasteiger charge is -2.15. The number of nitrogens with one attached hydrogen (secondary N) is 2. The molecule has 53 heavy (non-hydrogen) atoms. The van der Waals surface area contributed by atoms with Gasteiger partial charge < -0.3 is 16.4 Å². The molecule has 8 aromatic rings. The van der Waals surface area contributed by atoms with Crippen molar-refractivity contribution >= 4 is 51.1 Å². The maximum Gasteiger partial charge on any atom is 0.221 e. The smallest absolute Gasteiger partial charge is 0.221 e. The second-order valence-electron chi connectivity index (χ2n) is 12.7. The minimum Gasteiger partial charge on any atom is -0.383 e. The van der Waals surface area contributed by atoms with E-state index in [1.807, 2.05) is 102 Å². The number of anilines is 3. The van der Waals surface area contributed by atoms with Crippen LogP contribution in [0.2, 0.25) is 0 Å². The van der Waals surface area contributed by atoms with Gasteiger partial charge in [-0.05, 0) is 102 Å². The standard InChI is InChI=1S/C42H33N9O2/c1-24-18-34(36-21-31(48-26(3)53)14-15-37(36)46-24)28-9-5-12-32(20-28)51-41(33-13-7-17-45-40(33)43)49-38-22-35(27-8-4-11-30(19-27)47-25(2)52)39(50-42(38)51)29-10-6-16-44-23-29/h4-23H,1-3H3,(H2,43,45)(H,47,52)(H,48,53). The molecule has 0 unspecified atom stereocenters. The van der Waals surface area contributed by atoms with Crippen LogP contribution in [0.4, 0.5) is 17.2 Å². The number of carbonyl (C=O) groups is 2. The fourth-order valence-electron chi connectivity index (χ4n) is 6.64. The van der Waals surface area contributed by atoms with Crippen molar-refractivity contribution in [2.75, 3.05) is 16.4 Å². The van der Waals surface area contributed by atoms with Gasteiger partial charge in [0.2, 0.25) is 11.8 Å². The number of pyridine rings is 4. The van der Waals surface area contributed by atoms with Gasteiger partial charge in [-0.2, -0.15) is 0 Å². The lowest BCUT2D eigenvalue weighted by atomic mass is 9.99. The van der Waals surface area contributed by atoms with E-state index in [2.05, 4.69) is 32.7 Å². The molecule has 3 aromatic carbocycles. The van der Waals surface area contributed by atoms with E-state index in [0.717, 1.165) is 50.1 Å². The van der Waals surface area contributed by atoms with Crippen molar-refractivity contribution in [3.05, 3.63) is 127 Å². The normalized spacial score (nSPS) is 11.2. The minimum atomic E-state index is -0.161. The van der Waals surface area contributed by atoms with E-state index in [1.54, 1.807) is 18.6 Å². The number of carbonyl (C=O) groups excluding carboxylic acids is 2. The number of imidazole rings is 1. The molecule has 11 heteroatoms. The lowest BCUT2D eigenvalue weighted by molar-refractivity contribution is -0.115. The summed E-state index contributed by atoms with van der Waals surface area (Å²) in [4.78, 5) is 47.9. The zero-order valence-electron chi connectivity index (χ0n) is 29.1. The Labute approximate surface area is 304 Å². The summed E-state index contributed by atoms with van der Waals surface area (Å²) >= 11 is 0. The van der Waals surface area contributed by atoms with Crippen LogP contribution >= 0.6 is 0 Å². The maximum atomic E-state index is 11.9. The number of fused-ring (bicyclic) bond motifs is 2. The number of rotatable bonds is 7. The summed E-state index contributed by atoms with van der Waals surface area (Å²) < 4.78 is 2.00. The van der Waals surface area contributed by atoms with Gasteiger partial charge in [-0.25, -0.2) is 15.0 Å². The Morgan fingerprint density at radius 1 is 0.660 bits per heavy atom. The number of hydrogen-bond donors (Lipinski definition) is 3. The lowest BCUT2D eigenvalue weighted by Crippen LogP contribution is -2.05. The number of benzene rings is 3. The first-order valence-corrected chi connectivity index (χ1v) is 16.9. The van der Waals surface area contributed by atoms with Crippen LogP contribution in [0.5, 0.6) is 0 Å². The van der Waals surface area contributed by atoms with Crippen molar-refractivity contribution < 1.29 is 9.59 Å². The van der Waals surface area contributed by atoms with Crippen LogP contribution in [-0.4, -0.2) is 41.3 Å². The van der Waals surface area contributed by atoms with Gasteiger partial charge in [-0.3, -0.25) is 24.1 Å². The van der Waals surface area contributed by atoms with E-state index in [-0.39, 0.29) is 11.8 Å². The third kappa shape index (κ3) is 6.43. The molecule has 0 aliphatic heterocycles. The predicted octanol–water partition coefficient (Wildman–Crippen LogP) is 8.23. The zero-order valence-corrected chi connectivity index (χ0v) is 29.1. The molecule has 4 N–H and O–H groups in total. The molecule has 0 bridgehead atoms. The van der Waals surface area contributed by atoms with Gasteiger partial charge in [-0.15, -0.1) is 0 Å². The van der Waals surface area contributed by atoms with Crippen molar-refractivity contribution in [2.45, 2.75) is 20.8 Å². The fourth-order valence-corrected chi connectivity index (χ4v) is 6.64. The van der Waals surface area contributed by atoms with Crippen LogP contribution in [-0.2, 0) is 9.59 Å². The fraction of sp³-hybridized carbons (Fsp3) is 0.0714. The number of hydrogen-bond acceptors (Lipinski definition) is 8. The summed E-state index contributed by atoms with van der Waals surface area (Å²) in [6.45, 7) is 4.94. The molecule has 0 aliphatic carbocycles. The summed E-state index contributed by atoms with van der Waals surface area (Å²) in [5.41, 5.74) is 17.3. The van der Waals surface area contributed by atoms with Gasteiger partial charge >= 0.3 is 0 Å². The van der Waals surface area contributed by atoms with E-state index in [1.165, 1.54) is 13.8 Å². The molecule has 0 fully saturated rings. The van der Waals surface area contributed by atoms with Crippen LogP contribution in [0.15, 0.2) is 122 Å². The third-order valence-corrected chi connectivity index (χ3v) is 8.81. The molecular formula is C42H33N9O2. The van der Waals surface area contributed by atoms with E-state index in [0.29, 0.717) is 45.4 Å². The van der Waals surface area contributed by atoms with Crippen LogP contribution in [0.3, 0.4) is 0 Å². The Balaban J connectivity index is 1.39. The van der Waals surface area contributed by atoms with Crippen molar-refractivity contribution in [3.63, 3.8) is 0 Å². The first kappa shape index (κ1) is 32.9. The van der Waals surface area contributed by atoms with Crippen molar-refractivity contribution in [3.8, 4) is 50.6 Å². The molecule has 0 saturated heterocycles. The molecule has 2 amide bonds. The molecule has 0 radical (unpaired) electrons. The van der Waals surface area contributed by atoms with Crippen LogP contribution in [0, 0.1) is 6.92 Å². The highest BCUT2D eigenvalue weighted by Gasteiger charge is 2.22. The summed E-state index contributed by atoms with van der Waals surface area (Å²) in [5.74, 6) is 0.590. The molecule has 8 rings (SSSR count). The van der Waals surface area contributed by atoms with Crippen molar-refractivity contribution in [2.24, 2.45) is 0 Å². The molecule has 0 atom stereocenters. The third-order valence-electron chi connectivity index (χ3n) is 8.81. The number of amides is 2. The average Bonchev–Trinajstić information content (AvgIpc) is 3.52. The Morgan fingerprint density at radius 2 is 1.40 bits per heavy atom. The van der Waals surface area contributed by atoms with E-state index >= 15 is 0 Å². The maximum absolute atomic E-state index is 11.9. The Hall–Kier alpha value is -7.27. The molecule has 0 spiro atoms. The topological polar surface area (TPSA) is 154 Å². The number of aromatic nitrogens is 6. The zero-order chi connectivity index (χ0) is 36.6. The molecule has 5 heterocycles. The summed E-state index contributed by atoms with van der Waals surface area (Å²) in [5, 5.41) is 6.67. The number of nitrogens with two attached hydrogens (primary N) is 1. The average molecular weight is 696 g/mol. The van der Waals surface area contributed by atoms with Crippen molar-refractivity contribution in [1.29, 1.82) is 0 Å². The number of nitrogen functional groups attached to an aromatic ring is 1. The van der Waals surface area contributed by atoms with Gasteiger partial charge in [0.25, 0.3) is 0 Å². The summed E-state index contributed by atoms with van der Waals surface area (Å²) in [6.07, 6.45) is 5.15. The van der Waals surface area contributed by atoms with E-state index < -0.39 is 0 Å². The minimum absolute atomic E-state index is 0.149. The molecule has 0 aliphatic rings. The second-order valence-corrected chi connectivity index (χ2v) is 12.7. The van der Waals surface area contributed by atoms with Gasteiger partial charge in [-0.1, -0.05) is 24.3 Å².